The van der Waals surface area contributed by atoms with Gasteiger partial charge in [-0.1, -0.05) is 12.1 Å². The lowest BCUT2D eigenvalue weighted by molar-refractivity contribution is -0.384. The molecule has 1 aromatic carbocycles. The fourth-order valence-corrected chi connectivity index (χ4v) is 1.42. The maximum atomic E-state index is 11.4. The van der Waals surface area contributed by atoms with E-state index in [-0.39, 0.29) is 11.6 Å². The first-order chi connectivity index (χ1) is 9.06. The lowest BCUT2D eigenvalue weighted by atomic mass is 10.2. The molecule has 0 aliphatic carbocycles. The maximum absolute atomic E-state index is 11.4. The second kappa shape index (κ2) is 7.32. The molecule has 1 aromatic rings. The predicted octanol–water partition coefficient (Wildman–Crippen LogP) is 1.16. The summed E-state index contributed by atoms with van der Waals surface area (Å²) in [5.41, 5.74) is 0.445. The quantitative estimate of drug-likeness (QED) is 0.439. The van der Waals surface area contributed by atoms with Crippen LogP contribution in [0.25, 0.3) is 0 Å². The zero-order valence-electron chi connectivity index (χ0n) is 10.9. The predicted molar refractivity (Wildman–Crippen MR) is 71.1 cm³/mol. The van der Waals surface area contributed by atoms with Crippen molar-refractivity contribution in [1.29, 1.82) is 0 Å². The molecule has 7 nitrogen and oxygen atoms in total. The summed E-state index contributed by atoms with van der Waals surface area (Å²) >= 11 is 0. The number of methoxy groups -OCH3 is 1. The summed E-state index contributed by atoms with van der Waals surface area (Å²) in [5, 5.41) is 16.3. The molecule has 0 spiro atoms. The first kappa shape index (κ1) is 14.9. The van der Waals surface area contributed by atoms with Crippen LogP contribution >= 0.6 is 0 Å². The van der Waals surface area contributed by atoms with Crippen molar-refractivity contribution in [2.45, 2.75) is 13.0 Å². The third-order valence-electron chi connectivity index (χ3n) is 2.56. The number of hydrogen-bond acceptors (Lipinski definition) is 5. The van der Waals surface area contributed by atoms with E-state index >= 15 is 0 Å². The number of para-hydroxylation sites is 2. The molecule has 0 bridgehead atoms. The molecular weight excluding hydrogens is 250 g/mol. The van der Waals surface area contributed by atoms with E-state index in [2.05, 4.69) is 10.6 Å². The number of nitro benzene ring substituents is 1. The summed E-state index contributed by atoms with van der Waals surface area (Å²) in [7, 11) is 1.45. The number of carbonyl (C=O) groups is 1. The highest BCUT2D eigenvalue weighted by molar-refractivity contribution is 5.80. The number of ether oxygens (including phenoxy) is 1. The highest BCUT2D eigenvalue weighted by Crippen LogP contribution is 2.22. The first-order valence-corrected chi connectivity index (χ1v) is 5.84. The van der Waals surface area contributed by atoms with E-state index in [9.17, 15) is 14.9 Å². The van der Waals surface area contributed by atoms with Gasteiger partial charge in [0, 0.05) is 26.3 Å². The summed E-state index contributed by atoms with van der Waals surface area (Å²) < 4.78 is 4.86. The molecule has 0 saturated heterocycles. The minimum Gasteiger partial charge on any atom is -0.378 e. The largest absolute Gasteiger partial charge is 0.378 e. The number of benzene rings is 1. The van der Waals surface area contributed by atoms with Crippen LogP contribution in [0.15, 0.2) is 24.3 Å². The number of rotatable bonds is 7. The standard InChI is InChI=1S/C12H17N3O4/c1-9(19-2)12(16)14-8-7-13-10-5-3-4-6-11(10)15(17)18/h3-6,9,13H,7-8H2,1-2H3,(H,14,16). The molecule has 0 aliphatic rings. The van der Waals surface area contributed by atoms with E-state index in [0.29, 0.717) is 18.8 Å². The van der Waals surface area contributed by atoms with Gasteiger partial charge in [-0.3, -0.25) is 14.9 Å². The van der Waals surface area contributed by atoms with E-state index in [4.69, 9.17) is 4.74 Å². The fraction of sp³-hybridized carbons (Fsp3) is 0.417. The Morgan fingerprint density at radius 3 is 2.74 bits per heavy atom. The Balaban J connectivity index is 2.42. The van der Waals surface area contributed by atoms with Crippen LogP contribution in [0.2, 0.25) is 0 Å². The molecule has 19 heavy (non-hydrogen) atoms. The summed E-state index contributed by atoms with van der Waals surface area (Å²) in [4.78, 5) is 21.7. The Morgan fingerprint density at radius 2 is 2.11 bits per heavy atom. The Labute approximate surface area is 111 Å². The summed E-state index contributed by atoms with van der Waals surface area (Å²) in [6.45, 7) is 2.40. The molecule has 1 amide bonds. The second-order valence-corrected chi connectivity index (χ2v) is 3.87. The van der Waals surface area contributed by atoms with Crippen molar-refractivity contribution in [1.82, 2.24) is 5.32 Å². The van der Waals surface area contributed by atoms with Gasteiger partial charge in [-0.2, -0.15) is 0 Å². The maximum Gasteiger partial charge on any atom is 0.292 e. The van der Waals surface area contributed by atoms with Crippen LogP contribution in [0, 0.1) is 10.1 Å². The van der Waals surface area contributed by atoms with E-state index in [1.54, 1.807) is 25.1 Å². The normalized spacial score (nSPS) is 11.7. The minimum absolute atomic E-state index is 0.0130. The van der Waals surface area contributed by atoms with Gasteiger partial charge < -0.3 is 15.4 Å². The molecule has 1 atom stereocenters. The molecule has 0 aliphatic heterocycles. The van der Waals surface area contributed by atoms with Gasteiger partial charge >= 0.3 is 0 Å². The molecule has 0 radical (unpaired) electrons. The minimum atomic E-state index is -0.508. The Kier molecular flexibility index (Phi) is 5.74. The smallest absolute Gasteiger partial charge is 0.292 e. The van der Waals surface area contributed by atoms with Gasteiger partial charge in [0.05, 0.1) is 4.92 Å². The van der Waals surface area contributed by atoms with E-state index in [1.165, 1.54) is 13.2 Å². The average molecular weight is 267 g/mol. The molecule has 0 saturated carbocycles. The van der Waals surface area contributed by atoms with Crippen LogP contribution in [0.3, 0.4) is 0 Å². The molecule has 1 unspecified atom stereocenters. The number of carbonyl (C=O) groups excluding carboxylic acids is 1. The zero-order valence-corrected chi connectivity index (χ0v) is 10.9. The van der Waals surface area contributed by atoms with Crippen molar-refractivity contribution < 1.29 is 14.5 Å². The molecule has 7 heteroatoms. The van der Waals surface area contributed by atoms with Gasteiger partial charge in [0.25, 0.3) is 5.69 Å². The van der Waals surface area contributed by atoms with Crippen LogP contribution in [-0.4, -0.2) is 37.1 Å². The van der Waals surface area contributed by atoms with E-state index in [0.717, 1.165) is 0 Å². The van der Waals surface area contributed by atoms with Gasteiger partial charge in [-0.15, -0.1) is 0 Å². The number of nitro groups is 1. The SMILES string of the molecule is COC(C)C(=O)NCCNc1ccccc1[N+](=O)[O-]. The van der Waals surface area contributed by atoms with E-state index in [1.807, 2.05) is 0 Å². The van der Waals surface area contributed by atoms with Crippen molar-refractivity contribution in [3.8, 4) is 0 Å². The van der Waals surface area contributed by atoms with Gasteiger partial charge in [0.15, 0.2) is 0 Å². The average Bonchev–Trinajstić information content (AvgIpc) is 2.42. The first-order valence-electron chi connectivity index (χ1n) is 5.84. The molecule has 0 aromatic heterocycles. The summed E-state index contributed by atoms with van der Waals surface area (Å²) in [6, 6.07) is 6.36. The fourth-order valence-electron chi connectivity index (χ4n) is 1.42. The van der Waals surface area contributed by atoms with Crippen molar-refractivity contribution in [3.05, 3.63) is 34.4 Å². The third-order valence-corrected chi connectivity index (χ3v) is 2.56. The van der Waals surface area contributed by atoms with Crippen LogP contribution in [0.4, 0.5) is 11.4 Å². The topological polar surface area (TPSA) is 93.5 Å². The van der Waals surface area contributed by atoms with Crippen LogP contribution in [0.5, 0.6) is 0 Å². The van der Waals surface area contributed by atoms with Gasteiger partial charge in [0.2, 0.25) is 5.91 Å². The highest BCUT2D eigenvalue weighted by atomic mass is 16.6. The van der Waals surface area contributed by atoms with Crippen molar-refractivity contribution in [2.75, 3.05) is 25.5 Å². The zero-order chi connectivity index (χ0) is 14.3. The van der Waals surface area contributed by atoms with E-state index < -0.39 is 11.0 Å². The molecule has 0 fully saturated rings. The summed E-state index contributed by atoms with van der Waals surface area (Å²) in [5.74, 6) is -0.216. The Morgan fingerprint density at radius 1 is 1.42 bits per heavy atom. The number of nitrogens with zero attached hydrogens (tertiary/aromatic N) is 1. The molecular formula is C12H17N3O4. The molecule has 0 heterocycles. The van der Waals surface area contributed by atoms with Crippen LogP contribution in [-0.2, 0) is 9.53 Å². The van der Waals surface area contributed by atoms with Crippen molar-refractivity contribution >= 4 is 17.3 Å². The Hall–Kier alpha value is -2.15. The third kappa shape index (κ3) is 4.55. The molecule has 104 valence electrons. The molecule has 1 rings (SSSR count). The highest BCUT2D eigenvalue weighted by Gasteiger charge is 2.12. The Bertz CT molecular complexity index is 450. The van der Waals surface area contributed by atoms with Crippen LogP contribution in [0.1, 0.15) is 6.92 Å². The van der Waals surface area contributed by atoms with Crippen molar-refractivity contribution in [2.24, 2.45) is 0 Å². The van der Waals surface area contributed by atoms with Gasteiger partial charge in [-0.25, -0.2) is 0 Å². The second-order valence-electron chi connectivity index (χ2n) is 3.87. The number of nitrogens with one attached hydrogen (secondary N) is 2. The monoisotopic (exact) mass is 267 g/mol. The summed E-state index contributed by atoms with van der Waals surface area (Å²) in [6.07, 6.45) is -0.508. The van der Waals surface area contributed by atoms with Gasteiger partial charge in [0.1, 0.15) is 11.8 Å². The number of amides is 1. The van der Waals surface area contributed by atoms with Crippen LogP contribution < -0.4 is 10.6 Å². The van der Waals surface area contributed by atoms with Crippen molar-refractivity contribution in [3.63, 3.8) is 0 Å². The number of anilines is 1. The lowest BCUT2D eigenvalue weighted by Gasteiger charge is -2.11. The lowest BCUT2D eigenvalue weighted by Crippen LogP contribution is -2.36. The van der Waals surface area contributed by atoms with Gasteiger partial charge in [-0.05, 0) is 13.0 Å². The molecule has 2 N–H and O–H groups in total. The number of hydrogen-bond donors (Lipinski definition) is 2.